The Morgan fingerprint density at radius 2 is 2.04 bits per heavy atom. The Morgan fingerprint density at radius 3 is 2.76 bits per heavy atom. The van der Waals surface area contributed by atoms with Crippen molar-refractivity contribution in [2.24, 2.45) is 5.92 Å². The standard InChI is InChI=1S/C20H26N4S/c1-15-5-4-12-24(14-15)18-10-8-17(9-11-18)13-21-20(25)23-19-7-3-6-16(2)22-19/h3,6-11,15H,4-5,12-14H2,1-2H3,(H2,21,22,23,25). The molecule has 1 fully saturated rings. The molecule has 0 amide bonds. The van der Waals surface area contributed by atoms with Crippen LogP contribution in [0.2, 0.25) is 0 Å². The Morgan fingerprint density at radius 1 is 1.24 bits per heavy atom. The number of hydrogen-bond donors (Lipinski definition) is 2. The summed E-state index contributed by atoms with van der Waals surface area (Å²) < 4.78 is 0. The van der Waals surface area contributed by atoms with Gasteiger partial charge in [-0.3, -0.25) is 0 Å². The van der Waals surface area contributed by atoms with Crippen molar-refractivity contribution in [3.8, 4) is 0 Å². The van der Waals surface area contributed by atoms with E-state index < -0.39 is 0 Å². The molecule has 25 heavy (non-hydrogen) atoms. The third-order valence-electron chi connectivity index (χ3n) is 4.54. The number of nitrogens with zero attached hydrogens (tertiary/aromatic N) is 2. The highest BCUT2D eigenvalue weighted by molar-refractivity contribution is 7.80. The topological polar surface area (TPSA) is 40.2 Å². The summed E-state index contributed by atoms with van der Waals surface area (Å²) in [4.78, 5) is 6.88. The van der Waals surface area contributed by atoms with Gasteiger partial charge in [0, 0.05) is 31.0 Å². The normalized spacial score (nSPS) is 17.2. The third-order valence-corrected chi connectivity index (χ3v) is 4.79. The van der Waals surface area contributed by atoms with Crippen LogP contribution in [0.5, 0.6) is 0 Å². The summed E-state index contributed by atoms with van der Waals surface area (Å²) in [6, 6.07) is 14.6. The first-order valence-corrected chi connectivity index (χ1v) is 9.33. The highest BCUT2D eigenvalue weighted by atomic mass is 32.1. The summed E-state index contributed by atoms with van der Waals surface area (Å²) >= 11 is 5.35. The number of thiocarbonyl (C=S) groups is 1. The molecule has 132 valence electrons. The zero-order chi connectivity index (χ0) is 17.6. The number of aryl methyl sites for hydroxylation is 1. The fourth-order valence-electron chi connectivity index (χ4n) is 3.20. The maximum atomic E-state index is 5.35. The highest BCUT2D eigenvalue weighted by Gasteiger charge is 2.16. The minimum atomic E-state index is 0.590. The molecule has 1 saturated heterocycles. The molecule has 5 heteroatoms. The van der Waals surface area contributed by atoms with E-state index in [1.807, 2.05) is 25.1 Å². The molecule has 0 spiro atoms. The van der Waals surface area contributed by atoms with Crippen LogP contribution >= 0.6 is 12.2 Å². The first-order valence-electron chi connectivity index (χ1n) is 8.92. The van der Waals surface area contributed by atoms with Gasteiger partial charge in [0.15, 0.2) is 5.11 Å². The molecule has 0 radical (unpaired) electrons. The van der Waals surface area contributed by atoms with Gasteiger partial charge < -0.3 is 15.5 Å². The Bertz CT molecular complexity index is 714. The van der Waals surface area contributed by atoms with E-state index >= 15 is 0 Å². The second kappa shape index (κ2) is 8.30. The average Bonchev–Trinajstić information content (AvgIpc) is 2.60. The van der Waals surface area contributed by atoms with E-state index in [-0.39, 0.29) is 0 Å². The molecule has 1 aromatic heterocycles. The van der Waals surface area contributed by atoms with Crippen LogP contribution in [-0.4, -0.2) is 23.2 Å². The molecular weight excluding hydrogens is 328 g/mol. The van der Waals surface area contributed by atoms with Crippen LogP contribution in [0.25, 0.3) is 0 Å². The summed E-state index contributed by atoms with van der Waals surface area (Å²) in [5, 5.41) is 6.95. The Balaban J connectivity index is 1.50. The lowest BCUT2D eigenvalue weighted by Gasteiger charge is -2.32. The van der Waals surface area contributed by atoms with E-state index in [0.29, 0.717) is 11.7 Å². The fraction of sp³-hybridized carbons (Fsp3) is 0.400. The van der Waals surface area contributed by atoms with E-state index in [1.165, 1.54) is 30.6 Å². The lowest BCUT2D eigenvalue weighted by Crippen LogP contribution is -2.34. The van der Waals surface area contributed by atoms with Crippen molar-refractivity contribution in [3.05, 3.63) is 53.7 Å². The zero-order valence-corrected chi connectivity index (χ0v) is 15.8. The minimum absolute atomic E-state index is 0.590. The van der Waals surface area contributed by atoms with Gasteiger partial charge in [-0.25, -0.2) is 4.98 Å². The van der Waals surface area contributed by atoms with Crippen molar-refractivity contribution in [2.45, 2.75) is 33.2 Å². The van der Waals surface area contributed by atoms with Crippen LogP contribution in [0.4, 0.5) is 11.5 Å². The number of benzene rings is 1. The number of pyridine rings is 1. The molecule has 2 N–H and O–H groups in total. The molecule has 0 bridgehead atoms. The summed E-state index contributed by atoms with van der Waals surface area (Å²) in [7, 11) is 0. The van der Waals surface area contributed by atoms with Gasteiger partial charge in [-0.2, -0.15) is 0 Å². The number of piperidine rings is 1. The van der Waals surface area contributed by atoms with Gasteiger partial charge in [-0.05, 0) is 67.7 Å². The smallest absolute Gasteiger partial charge is 0.172 e. The number of hydrogen-bond acceptors (Lipinski definition) is 3. The van der Waals surface area contributed by atoms with E-state index in [4.69, 9.17) is 12.2 Å². The molecule has 2 heterocycles. The van der Waals surface area contributed by atoms with E-state index in [2.05, 4.69) is 51.7 Å². The Labute approximate surface area is 155 Å². The molecule has 1 aromatic carbocycles. The molecule has 1 unspecified atom stereocenters. The summed E-state index contributed by atoms with van der Waals surface area (Å²) in [5.41, 5.74) is 3.51. The SMILES string of the molecule is Cc1cccc(NC(=S)NCc2ccc(N3CCCC(C)C3)cc2)n1. The summed E-state index contributed by atoms with van der Waals surface area (Å²) in [6.07, 6.45) is 2.64. The molecule has 0 aliphatic carbocycles. The minimum Gasteiger partial charge on any atom is -0.371 e. The van der Waals surface area contributed by atoms with Crippen molar-refractivity contribution < 1.29 is 0 Å². The molecule has 2 aromatic rings. The van der Waals surface area contributed by atoms with Gasteiger partial charge in [0.25, 0.3) is 0 Å². The van der Waals surface area contributed by atoms with E-state index in [9.17, 15) is 0 Å². The second-order valence-electron chi connectivity index (χ2n) is 6.83. The quantitative estimate of drug-likeness (QED) is 0.809. The van der Waals surface area contributed by atoms with Gasteiger partial charge in [0.05, 0.1) is 0 Å². The van der Waals surface area contributed by atoms with Crippen LogP contribution in [0, 0.1) is 12.8 Å². The van der Waals surface area contributed by atoms with Gasteiger partial charge in [-0.15, -0.1) is 0 Å². The van der Waals surface area contributed by atoms with Crippen molar-refractivity contribution in [1.29, 1.82) is 0 Å². The Hall–Kier alpha value is -2.14. The molecular formula is C20H26N4S. The lowest BCUT2D eigenvalue weighted by atomic mass is 9.99. The van der Waals surface area contributed by atoms with Crippen LogP contribution in [0.3, 0.4) is 0 Å². The Kier molecular flexibility index (Phi) is 5.87. The number of rotatable bonds is 4. The third kappa shape index (κ3) is 5.16. The zero-order valence-electron chi connectivity index (χ0n) is 15.0. The van der Waals surface area contributed by atoms with E-state index in [1.54, 1.807) is 0 Å². The number of nitrogens with one attached hydrogen (secondary N) is 2. The summed E-state index contributed by atoms with van der Waals surface area (Å²) in [6.45, 7) is 7.33. The molecule has 4 nitrogen and oxygen atoms in total. The average molecular weight is 355 g/mol. The van der Waals surface area contributed by atoms with Crippen molar-refractivity contribution in [3.63, 3.8) is 0 Å². The molecule has 3 rings (SSSR count). The molecule has 1 aliphatic heterocycles. The van der Waals surface area contributed by atoms with Crippen molar-refractivity contribution >= 4 is 28.8 Å². The number of anilines is 2. The van der Waals surface area contributed by atoms with Crippen LogP contribution in [0.15, 0.2) is 42.5 Å². The second-order valence-corrected chi connectivity index (χ2v) is 7.24. The van der Waals surface area contributed by atoms with Gasteiger partial charge in [0.2, 0.25) is 0 Å². The lowest BCUT2D eigenvalue weighted by molar-refractivity contribution is 0.447. The summed E-state index contributed by atoms with van der Waals surface area (Å²) in [5.74, 6) is 1.56. The predicted octanol–water partition coefficient (Wildman–Crippen LogP) is 4.11. The monoisotopic (exact) mass is 354 g/mol. The van der Waals surface area contributed by atoms with E-state index in [0.717, 1.165) is 24.0 Å². The highest BCUT2D eigenvalue weighted by Crippen LogP contribution is 2.23. The predicted molar refractivity (Wildman–Crippen MR) is 109 cm³/mol. The van der Waals surface area contributed by atoms with Crippen LogP contribution in [0.1, 0.15) is 31.0 Å². The van der Waals surface area contributed by atoms with Crippen LogP contribution < -0.4 is 15.5 Å². The number of aromatic nitrogens is 1. The van der Waals surface area contributed by atoms with Crippen molar-refractivity contribution in [2.75, 3.05) is 23.3 Å². The van der Waals surface area contributed by atoms with Gasteiger partial charge in [-0.1, -0.05) is 25.1 Å². The van der Waals surface area contributed by atoms with Gasteiger partial charge in [0.1, 0.15) is 5.82 Å². The first-order chi connectivity index (χ1) is 12.1. The van der Waals surface area contributed by atoms with Gasteiger partial charge >= 0.3 is 0 Å². The molecule has 0 saturated carbocycles. The first kappa shape index (κ1) is 17.7. The maximum absolute atomic E-state index is 5.35. The molecule has 1 aliphatic rings. The largest absolute Gasteiger partial charge is 0.371 e. The van der Waals surface area contributed by atoms with Crippen LogP contribution in [-0.2, 0) is 6.54 Å². The molecule has 1 atom stereocenters. The maximum Gasteiger partial charge on any atom is 0.172 e. The van der Waals surface area contributed by atoms with Crippen molar-refractivity contribution in [1.82, 2.24) is 10.3 Å². The fourth-order valence-corrected chi connectivity index (χ4v) is 3.38.